The average Bonchev–Trinajstić information content (AvgIpc) is 2.32. The van der Waals surface area contributed by atoms with Crippen molar-refractivity contribution in [3.8, 4) is 0 Å². The summed E-state index contributed by atoms with van der Waals surface area (Å²) in [6.45, 7) is 0.00448. The maximum Gasteiger partial charge on any atom is 1.00 e. The zero-order chi connectivity index (χ0) is 13.3. The van der Waals surface area contributed by atoms with Gasteiger partial charge in [-0.15, -0.1) is 0 Å². The van der Waals surface area contributed by atoms with Crippen molar-refractivity contribution in [1.82, 2.24) is 0 Å². The third-order valence-electron chi connectivity index (χ3n) is 2.68. The summed E-state index contributed by atoms with van der Waals surface area (Å²) in [5.74, 6) is 0. The Kier molecular flexibility index (Phi) is 10.9. The molecule has 0 N–H and O–H groups in total. The molecule has 0 aliphatic rings. The van der Waals surface area contributed by atoms with Gasteiger partial charge in [0, 0.05) is 0 Å². The first kappa shape index (κ1) is 19.1. The molecule has 0 aliphatic heterocycles. The number of rotatable bonds is 9. The summed E-state index contributed by atoms with van der Waals surface area (Å²) in [6, 6.07) is 10.3. The van der Waals surface area contributed by atoms with Crippen molar-refractivity contribution in [3.63, 3.8) is 0 Å². The largest absolute Gasteiger partial charge is 1.00 e. The maximum absolute atomic E-state index is 10.1. The number of hydrogen-bond donors (Lipinski definition) is 0. The van der Waals surface area contributed by atoms with Gasteiger partial charge >= 0.3 is 29.6 Å². The van der Waals surface area contributed by atoms with Crippen LogP contribution in [0.25, 0.3) is 0 Å². The van der Waals surface area contributed by atoms with Crippen LogP contribution in [0, 0.1) is 0 Å². The SMILES string of the molecule is O=S(=O)([O-])OCCCCCCCc1ccccc1.[Na+]. The standard InChI is InChI=1S/C13H20O4S.Na/c14-18(15,16)17-12-8-3-1-2-5-9-13-10-6-4-7-11-13;/h4,6-7,10-11H,1-3,5,8-9,12H2,(H,14,15,16);/q;+1/p-1. The van der Waals surface area contributed by atoms with Crippen LogP contribution in [0.5, 0.6) is 0 Å². The molecule has 0 bridgehead atoms. The molecule has 0 atom stereocenters. The van der Waals surface area contributed by atoms with Gasteiger partial charge in [0.25, 0.3) is 0 Å². The third kappa shape index (κ3) is 11.6. The topological polar surface area (TPSA) is 66.4 Å². The van der Waals surface area contributed by atoms with Crippen LogP contribution in [0.2, 0.25) is 0 Å². The van der Waals surface area contributed by atoms with Crippen molar-refractivity contribution in [2.24, 2.45) is 0 Å². The molecule has 0 unspecified atom stereocenters. The maximum atomic E-state index is 10.1. The molecule has 0 spiro atoms. The minimum atomic E-state index is -4.51. The Balaban J connectivity index is 0.00000324. The summed E-state index contributed by atoms with van der Waals surface area (Å²) in [5.41, 5.74) is 1.35. The minimum absolute atomic E-state index is 0. The molecule has 1 rings (SSSR count). The van der Waals surface area contributed by atoms with Gasteiger partial charge in [-0.1, -0.05) is 49.6 Å². The summed E-state index contributed by atoms with van der Waals surface area (Å²) in [7, 11) is -4.51. The fourth-order valence-corrected chi connectivity index (χ4v) is 2.09. The summed E-state index contributed by atoms with van der Waals surface area (Å²) < 4.78 is 34.6. The van der Waals surface area contributed by atoms with Gasteiger partial charge in [0.1, 0.15) is 0 Å². The number of hydrogen-bond acceptors (Lipinski definition) is 4. The molecule has 0 amide bonds. The second kappa shape index (κ2) is 10.8. The molecular formula is C13H19NaO4S. The molecule has 19 heavy (non-hydrogen) atoms. The normalized spacial score (nSPS) is 11.0. The van der Waals surface area contributed by atoms with Crippen molar-refractivity contribution in [2.45, 2.75) is 38.5 Å². The first-order valence-electron chi connectivity index (χ1n) is 6.22. The van der Waals surface area contributed by atoms with Crippen LogP contribution in [-0.2, 0) is 21.0 Å². The van der Waals surface area contributed by atoms with E-state index in [2.05, 4.69) is 16.3 Å². The molecule has 1 aromatic carbocycles. The van der Waals surface area contributed by atoms with E-state index in [1.165, 1.54) is 5.56 Å². The molecule has 0 aromatic heterocycles. The summed E-state index contributed by atoms with van der Waals surface area (Å²) in [6.07, 6.45) is 5.86. The van der Waals surface area contributed by atoms with Gasteiger partial charge in [-0.05, 0) is 24.8 Å². The first-order valence-corrected chi connectivity index (χ1v) is 7.55. The van der Waals surface area contributed by atoms with E-state index in [-0.39, 0.29) is 36.2 Å². The van der Waals surface area contributed by atoms with Crippen LogP contribution in [0.3, 0.4) is 0 Å². The zero-order valence-electron chi connectivity index (χ0n) is 11.4. The molecule has 1 aromatic rings. The molecule has 0 heterocycles. The second-order valence-electron chi connectivity index (χ2n) is 4.23. The molecule has 102 valence electrons. The second-order valence-corrected chi connectivity index (χ2v) is 5.29. The van der Waals surface area contributed by atoms with E-state index in [4.69, 9.17) is 0 Å². The Morgan fingerprint density at radius 1 is 0.947 bits per heavy atom. The van der Waals surface area contributed by atoms with E-state index >= 15 is 0 Å². The van der Waals surface area contributed by atoms with E-state index in [0.717, 1.165) is 32.1 Å². The number of aryl methyl sites for hydroxylation is 1. The summed E-state index contributed by atoms with van der Waals surface area (Å²) in [5, 5.41) is 0. The van der Waals surface area contributed by atoms with Gasteiger partial charge in [0.15, 0.2) is 0 Å². The van der Waals surface area contributed by atoms with E-state index < -0.39 is 10.4 Å². The first-order chi connectivity index (χ1) is 8.58. The van der Waals surface area contributed by atoms with Gasteiger partial charge < -0.3 is 4.55 Å². The summed E-state index contributed by atoms with van der Waals surface area (Å²) in [4.78, 5) is 0. The molecule has 0 saturated carbocycles. The van der Waals surface area contributed by atoms with Gasteiger partial charge in [0.2, 0.25) is 10.4 Å². The van der Waals surface area contributed by atoms with Gasteiger partial charge in [-0.2, -0.15) is 0 Å². The van der Waals surface area contributed by atoms with E-state index in [1.54, 1.807) is 0 Å². The molecule has 0 aliphatic carbocycles. The molecule has 4 nitrogen and oxygen atoms in total. The van der Waals surface area contributed by atoms with Crippen molar-refractivity contribution in [1.29, 1.82) is 0 Å². The Bertz CT molecular complexity index is 420. The van der Waals surface area contributed by atoms with Gasteiger partial charge in [-0.3, -0.25) is 4.18 Å². The van der Waals surface area contributed by atoms with Crippen molar-refractivity contribution in [3.05, 3.63) is 35.9 Å². The van der Waals surface area contributed by atoms with Crippen LogP contribution < -0.4 is 29.6 Å². The Morgan fingerprint density at radius 2 is 1.53 bits per heavy atom. The van der Waals surface area contributed by atoms with Crippen molar-refractivity contribution in [2.75, 3.05) is 6.61 Å². The third-order valence-corrected chi connectivity index (χ3v) is 3.14. The van der Waals surface area contributed by atoms with Crippen LogP contribution in [0.15, 0.2) is 30.3 Å². The van der Waals surface area contributed by atoms with Crippen LogP contribution >= 0.6 is 0 Å². The molecule has 0 radical (unpaired) electrons. The molecule has 6 heteroatoms. The van der Waals surface area contributed by atoms with Gasteiger partial charge in [0.05, 0.1) is 6.61 Å². The fourth-order valence-electron chi connectivity index (χ4n) is 1.77. The Labute approximate surface area is 137 Å². The number of benzene rings is 1. The van der Waals surface area contributed by atoms with Crippen LogP contribution in [0.1, 0.15) is 37.7 Å². The molecular weight excluding hydrogens is 275 g/mol. The smallest absolute Gasteiger partial charge is 0.726 e. The molecule has 0 fully saturated rings. The van der Waals surface area contributed by atoms with Crippen molar-refractivity contribution >= 4 is 10.4 Å². The van der Waals surface area contributed by atoms with Crippen molar-refractivity contribution < 1.29 is 46.7 Å². The Hall–Kier alpha value is 0.0900. The average molecular weight is 294 g/mol. The van der Waals surface area contributed by atoms with Crippen LogP contribution in [-0.4, -0.2) is 19.6 Å². The van der Waals surface area contributed by atoms with E-state index in [1.807, 2.05) is 18.2 Å². The summed E-state index contributed by atoms with van der Waals surface area (Å²) >= 11 is 0. The predicted octanol–water partition coefficient (Wildman–Crippen LogP) is -0.340. The number of unbranched alkanes of at least 4 members (excludes halogenated alkanes) is 4. The zero-order valence-corrected chi connectivity index (χ0v) is 14.2. The van der Waals surface area contributed by atoms with E-state index in [0.29, 0.717) is 6.42 Å². The van der Waals surface area contributed by atoms with E-state index in [9.17, 15) is 13.0 Å². The Morgan fingerprint density at radius 3 is 2.16 bits per heavy atom. The quantitative estimate of drug-likeness (QED) is 0.270. The van der Waals surface area contributed by atoms with Crippen LogP contribution in [0.4, 0.5) is 0 Å². The predicted molar refractivity (Wildman–Crippen MR) is 68.9 cm³/mol. The molecule has 0 saturated heterocycles. The monoisotopic (exact) mass is 294 g/mol. The minimum Gasteiger partial charge on any atom is -0.726 e. The fraction of sp³-hybridized carbons (Fsp3) is 0.538. The van der Waals surface area contributed by atoms with Gasteiger partial charge in [-0.25, -0.2) is 8.42 Å².